The summed E-state index contributed by atoms with van der Waals surface area (Å²) in [6.45, 7) is 0.946. The van der Waals surface area contributed by atoms with E-state index < -0.39 is 4.92 Å². The molecule has 1 aromatic rings. The summed E-state index contributed by atoms with van der Waals surface area (Å²) in [5.41, 5.74) is 0.384. The summed E-state index contributed by atoms with van der Waals surface area (Å²) in [5, 5.41) is 16.7. The van der Waals surface area contributed by atoms with E-state index in [9.17, 15) is 14.9 Å². The molecule has 0 radical (unpaired) electrons. The minimum Gasteiger partial charge on any atom is -0.326 e. The van der Waals surface area contributed by atoms with Crippen molar-refractivity contribution in [1.82, 2.24) is 5.32 Å². The molecular weight excluding hydrogens is 314 g/mol. The molecule has 1 aliphatic heterocycles. The average Bonchev–Trinajstić information content (AvgIpc) is 2.84. The molecule has 0 saturated carbocycles. The van der Waals surface area contributed by atoms with Crippen molar-refractivity contribution >= 4 is 33.2 Å². The van der Waals surface area contributed by atoms with Crippen LogP contribution in [0.3, 0.4) is 0 Å². The maximum atomic E-state index is 11.8. The van der Waals surface area contributed by atoms with Gasteiger partial charge in [-0.1, -0.05) is 0 Å². The smallest absolute Gasteiger partial charge is 0.285 e. The molecular formula is C12H14BrN3O3. The Morgan fingerprint density at radius 2 is 2.37 bits per heavy atom. The lowest BCUT2D eigenvalue weighted by Crippen LogP contribution is -2.27. The summed E-state index contributed by atoms with van der Waals surface area (Å²) in [5.74, 6) is -0.129. The van der Waals surface area contributed by atoms with E-state index in [0.717, 1.165) is 19.4 Å². The maximum Gasteiger partial charge on any atom is 0.285 e. The van der Waals surface area contributed by atoms with Crippen molar-refractivity contribution in [3.63, 3.8) is 0 Å². The van der Waals surface area contributed by atoms with Crippen LogP contribution in [0.4, 0.5) is 11.4 Å². The minimum absolute atomic E-state index is 0.0585. The third-order valence-corrected chi connectivity index (χ3v) is 3.69. The van der Waals surface area contributed by atoms with Gasteiger partial charge in [0, 0.05) is 24.2 Å². The molecule has 1 amide bonds. The highest BCUT2D eigenvalue weighted by molar-refractivity contribution is 9.10. The number of anilines is 1. The fourth-order valence-electron chi connectivity index (χ4n) is 2.10. The number of nitro groups is 1. The molecule has 7 heteroatoms. The summed E-state index contributed by atoms with van der Waals surface area (Å²) < 4.78 is 0.396. The van der Waals surface area contributed by atoms with Gasteiger partial charge in [-0.3, -0.25) is 14.9 Å². The number of hydrogen-bond donors (Lipinski definition) is 2. The monoisotopic (exact) mass is 327 g/mol. The van der Waals surface area contributed by atoms with Crippen LogP contribution < -0.4 is 10.6 Å². The van der Waals surface area contributed by atoms with Gasteiger partial charge in [0.1, 0.15) is 0 Å². The van der Waals surface area contributed by atoms with Crippen LogP contribution in [0, 0.1) is 10.1 Å². The molecule has 1 unspecified atom stereocenters. The van der Waals surface area contributed by atoms with Gasteiger partial charge in [-0.2, -0.15) is 0 Å². The molecule has 0 spiro atoms. The van der Waals surface area contributed by atoms with E-state index in [1.165, 1.54) is 6.07 Å². The number of rotatable bonds is 4. The van der Waals surface area contributed by atoms with Gasteiger partial charge in [0.25, 0.3) is 5.69 Å². The number of carbonyl (C=O) groups excluding carboxylic acids is 1. The van der Waals surface area contributed by atoms with Crippen LogP contribution >= 0.6 is 15.9 Å². The van der Waals surface area contributed by atoms with Crippen molar-refractivity contribution in [3.8, 4) is 0 Å². The molecule has 1 atom stereocenters. The van der Waals surface area contributed by atoms with Crippen molar-refractivity contribution in [2.75, 3.05) is 11.9 Å². The Balaban J connectivity index is 2.00. The highest BCUT2D eigenvalue weighted by atomic mass is 79.9. The van der Waals surface area contributed by atoms with Gasteiger partial charge in [0.05, 0.1) is 9.40 Å². The van der Waals surface area contributed by atoms with Gasteiger partial charge < -0.3 is 10.6 Å². The zero-order valence-corrected chi connectivity index (χ0v) is 11.8. The van der Waals surface area contributed by atoms with Crippen molar-refractivity contribution < 1.29 is 9.72 Å². The van der Waals surface area contributed by atoms with Gasteiger partial charge in [0.2, 0.25) is 5.91 Å². The molecule has 1 heterocycles. The van der Waals surface area contributed by atoms with Crippen LogP contribution in [0.25, 0.3) is 0 Å². The normalized spacial score (nSPS) is 18.3. The van der Waals surface area contributed by atoms with Crippen LogP contribution in [0.5, 0.6) is 0 Å². The molecule has 19 heavy (non-hydrogen) atoms. The highest BCUT2D eigenvalue weighted by Crippen LogP contribution is 2.27. The quantitative estimate of drug-likeness (QED) is 0.657. The first-order valence-corrected chi connectivity index (χ1v) is 6.83. The molecule has 1 fully saturated rings. The molecule has 0 bridgehead atoms. The number of amides is 1. The zero-order valence-electron chi connectivity index (χ0n) is 10.2. The second-order valence-electron chi connectivity index (χ2n) is 4.47. The zero-order chi connectivity index (χ0) is 13.8. The summed E-state index contributed by atoms with van der Waals surface area (Å²) in [7, 11) is 0. The lowest BCUT2D eigenvalue weighted by atomic mass is 10.1. The molecule has 2 N–H and O–H groups in total. The molecule has 2 rings (SSSR count). The molecule has 0 aromatic heterocycles. The van der Waals surface area contributed by atoms with E-state index in [2.05, 4.69) is 26.6 Å². The van der Waals surface area contributed by atoms with E-state index >= 15 is 0 Å². The average molecular weight is 328 g/mol. The van der Waals surface area contributed by atoms with E-state index in [1.807, 2.05) is 0 Å². The first kappa shape index (κ1) is 14.0. The van der Waals surface area contributed by atoms with E-state index in [-0.39, 0.29) is 17.6 Å². The number of nitrogens with one attached hydrogen (secondary N) is 2. The van der Waals surface area contributed by atoms with Crippen LogP contribution in [-0.2, 0) is 4.79 Å². The predicted octanol–water partition coefficient (Wildman–Crippen LogP) is 2.44. The Kier molecular flexibility index (Phi) is 4.49. The Bertz CT molecular complexity index is 501. The SMILES string of the molecule is O=C(CC1CCCN1)Nc1ccc(Br)c([N+](=O)[O-])c1. The van der Waals surface area contributed by atoms with Crippen molar-refractivity contribution in [3.05, 3.63) is 32.8 Å². The number of benzene rings is 1. The first-order chi connectivity index (χ1) is 9.06. The Hall–Kier alpha value is -1.47. The Labute approximate surface area is 118 Å². The minimum atomic E-state index is -0.488. The fraction of sp³-hybridized carbons (Fsp3) is 0.417. The van der Waals surface area contributed by atoms with Gasteiger partial charge in [-0.05, 0) is 47.4 Å². The molecule has 1 aliphatic rings. The fourth-order valence-corrected chi connectivity index (χ4v) is 2.49. The number of halogens is 1. The molecule has 1 aromatic carbocycles. The number of nitro benzene ring substituents is 1. The number of nitrogens with zero attached hydrogens (tertiary/aromatic N) is 1. The van der Waals surface area contributed by atoms with E-state index in [4.69, 9.17) is 0 Å². The largest absolute Gasteiger partial charge is 0.326 e. The van der Waals surface area contributed by atoms with Gasteiger partial charge in [0.15, 0.2) is 0 Å². The van der Waals surface area contributed by atoms with E-state index in [1.54, 1.807) is 12.1 Å². The summed E-state index contributed by atoms with van der Waals surface area (Å²) in [4.78, 5) is 22.1. The third-order valence-electron chi connectivity index (χ3n) is 3.02. The summed E-state index contributed by atoms with van der Waals surface area (Å²) in [6.07, 6.45) is 2.47. The van der Waals surface area contributed by atoms with E-state index in [0.29, 0.717) is 16.6 Å². The van der Waals surface area contributed by atoms with Crippen LogP contribution in [0.1, 0.15) is 19.3 Å². The predicted molar refractivity (Wildman–Crippen MR) is 75.1 cm³/mol. The second-order valence-corrected chi connectivity index (χ2v) is 5.32. The highest BCUT2D eigenvalue weighted by Gasteiger charge is 2.18. The molecule has 0 aliphatic carbocycles. The van der Waals surface area contributed by atoms with Crippen LogP contribution in [-0.4, -0.2) is 23.4 Å². The van der Waals surface area contributed by atoms with Crippen LogP contribution in [0.15, 0.2) is 22.7 Å². The standard InChI is InChI=1S/C12H14BrN3O3/c13-10-4-3-9(6-11(10)16(18)19)15-12(17)7-8-2-1-5-14-8/h3-4,6,8,14H,1-2,5,7H2,(H,15,17). The molecule has 6 nitrogen and oxygen atoms in total. The summed E-state index contributed by atoms with van der Waals surface area (Å²) >= 11 is 3.10. The Morgan fingerprint density at radius 3 is 3.00 bits per heavy atom. The molecule has 1 saturated heterocycles. The summed E-state index contributed by atoms with van der Waals surface area (Å²) in [6, 6.07) is 4.76. The van der Waals surface area contributed by atoms with Gasteiger partial charge >= 0.3 is 0 Å². The lowest BCUT2D eigenvalue weighted by molar-refractivity contribution is -0.385. The molecule has 102 valence electrons. The number of hydrogen-bond acceptors (Lipinski definition) is 4. The van der Waals surface area contributed by atoms with Gasteiger partial charge in [-0.15, -0.1) is 0 Å². The third kappa shape index (κ3) is 3.74. The van der Waals surface area contributed by atoms with Crippen molar-refractivity contribution in [1.29, 1.82) is 0 Å². The lowest BCUT2D eigenvalue weighted by Gasteiger charge is -2.10. The Morgan fingerprint density at radius 1 is 1.58 bits per heavy atom. The maximum absolute atomic E-state index is 11.8. The van der Waals surface area contributed by atoms with Gasteiger partial charge in [-0.25, -0.2) is 0 Å². The van der Waals surface area contributed by atoms with Crippen LogP contribution in [0.2, 0.25) is 0 Å². The van der Waals surface area contributed by atoms with Crippen molar-refractivity contribution in [2.45, 2.75) is 25.3 Å². The van der Waals surface area contributed by atoms with Crippen molar-refractivity contribution in [2.24, 2.45) is 0 Å². The number of carbonyl (C=O) groups is 1. The second kappa shape index (κ2) is 6.12. The topological polar surface area (TPSA) is 84.3 Å². The first-order valence-electron chi connectivity index (χ1n) is 6.03.